The van der Waals surface area contributed by atoms with Gasteiger partial charge in [0.25, 0.3) is 5.69 Å². The van der Waals surface area contributed by atoms with Gasteiger partial charge in [0.2, 0.25) is 0 Å². The van der Waals surface area contributed by atoms with E-state index >= 15 is 0 Å². The minimum Gasteiger partial charge on any atom is -0.383 e. The van der Waals surface area contributed by atoms with Gasteiger partial charge >= 0.3 is 0 Å². The molecule has 0 aromatic carbocycles. The molecule has 0 radical (unpaired) electrons. The fourth-order valence-corrected chi connectivity index (χ4v) is 1.30. The predicted octanol–water partition coefficient (Wildman–Crippen LogP) is 1.66. The van der Waals surface area contributed by atoms with Gasteiger partial charge < -0.3 is 15.8 Å². The number of nitrogens with one attached hydrogen (secondary N) is 1. The van der Waals surface area contributed by atoms with Crippen molar-refractivity contribution in [2.75, 3.05) is 30.8 Å². The zero-order valence-corrected chi connectivity index (χ0v) is 10.5. The minimum atomic E-state index is -0.502. The molecular formula is C11H18N4O3. The number of nitrogens with two attached hydrogens (primary N) is 1. The number of pyridine rings is 1. The Kier molecular flexibility index (Phi) is 5.31. The van der Waals surface area contributed by atoms with Crippen molar-refractivity contribution in [1.82, 2.24) is 4.98 Å². The molecule has 0 unspecified atom stereocenters. The lowest BCUT2D eigenvalue weighted by Crippen LogP contribution is -2.13. The van der Waals surface area contributed by atoms with Gasteiger partial charge in [-0.3, -0.25) is 10.1 Å². The van der Waals surface area contributed by atoms with Gasteiger partial charge in [-0.25, -0.2) is 4.98 Å². The Morgan fingerprint density at radius 3 is 2.89 bits per heavy atom. The quantitative estimate of drug-likeness (QED) is 0.435. The number of nitrogen functional groups attached to an aromatic ring is 1. The summed E-state index contributed by atoms with van der Waals surface area (Å²) in [5, 5.41) is 13.6. The molecule has 100 valence electrons. The molecule has 1 rings (SSSR count). The van der Waals surface area contributed by atoms with E-state index in [1.54, 1.807) is 0 Å². The molecule has 0 aliphatic heterocycles. The number of hydrogen-bond acceptors (Lipinski definition) is 6. The maximum absolute atomic E-state index is 10.6. The molecule has 1 heterocycles. The molecular weight excluding hydrogens is 236 g/mol. The van der Waals surface area contributed by atoms with Gasteiger partial charge in [0.15, 0.2) is 0 Å². The lowest BCUT2D eigenvalue weighted by Gasteiger charge is -2.08. The Hall–Kier alpha value is -1.89. The second kappa shape index (κ2) is 6.75. The van der Waals surface area contributed by atoms with E-state index in [0.717, 1.165) is 0 Å². The van der Waals surface area contributed by atoms with Crippen LogP contribution in [0.2, 0.25) is 0 Å². The number of rotatable bonds is 7. The first-order valence-electron chi connectivity index (χ1n) is 5.72. The van der Waals surface area contributed by atoms with E-state index in [2.05, 4.69) is 24.1 Å². The monoisotopic (exact) mass is 254 g/mol. The molecule has 0 fully saturated rings. The first kappa shape index (κ1) is 14.2. The summed E-state index contributed by atoms with van der Waals surface area (Å²) in [6, 6.07) is 2.57. The number of aromatic nitrogens is 1. The molecule has 0 amide bonds. The van der Waals surface area contributed by atoms with Crippen LogP contribution in [0.5, 0.6) is 0 Å². The number of hydrogen-bond donors (Lipinski definition) is 2. The fourth-order valence-electron chi connectivity index (χ4n) is 1.30. The molecule has 0 aliphatic rings. The summed E-state index contributed by atoms with van der Waals surface area (Å²) >= 11 is 0. The zero-order chi connectivity index (χ0) is 13.5. The third-order valence-electron chi connectivity index (χ3n) is 2.04. The van der Waals surface area contributed by atoms with E-state index in [9.17, 15) is 10.1 Å². The number of nitrogens with zero attached hydrogens (tertiary/aromatic N) is 2. The van der Waals surface area contributed by atoms with Gasteiger partial charge in [-0.1, -0.05) is 13.8 Å². The molecule has 0 aliphatic carbocycles. The second-order valence-corrected chi connectivity index (χ2v) is 4.29. The lowest BCUT2D eigenvalue weighted by molar-refractivity contribution is -0.384. The van der Waals surface area contributed by atoms with E-state index in [1.807, 2.05) is 0 Å². The molecule has 0 spiro atoms. The molecule has 7 nitrogen and oxygen atoms in total. The average molecular weight is 254 g/mol. The van der Waals surface area contributed by atoms with E-state index < -0.39 is 4.92 Å². The van der Waals surface area contributed by atoms with Crippen LogP contribution in [0.25, 0.3) is 0 Å². The Morgan fingerprint density at radius 2 is 2.28 bits per heavy atom. The molecule has 7 heteroatoms. The van der Waals surface area contributed by atoms with E-state index in [1.165, 1.54) is 12.1 Å². The Bertz CT molecular complexity index is 409. The lowest BCUT2D eigenvalue weighted by atomic mass is 10.2. The zero-order valence-electron chi connectivity index (χ0n) is 10.5. The normalized spacial score (nSPS) is 10.6. The summed E-state index contributed by atoms with van der Waals surface area (Å²) in [5.41, 5.74) is 5.40. The summed E-state index contributed by atoms with van der Waals surface area (Å²) in [6.07, 6.45) is 0. The summed E-state index contributed by atoms with van der Waals surface area (Å²) < 4.78 is 5.37. The Balaban J connectivity index is 2.44. The van der Waals surface area contributed by atoms with Crippen molar-refractivity contribution in [2.24, 2.45) is 5.92 Å². The van der Waals surface area contributed by atoms with Crippen molar-refractivity contribution in [3.05, 3.63) is 22.2 Å². The second-order valence-electron chi connectivity index (χ2n) is 4.29. The van der Waals surface area contributed by atoms with Crippen molar-refractivity contribution < 1.29 is 9.66 Å². The molecule has 0 bridgehead atoms. The molecule has 0 saturated carbocycles. The van der Waals surface area contributed by atoms with Crippen LogP contribution in [0, 0.1) is 16.0 Å². The molecule has 1 aromatic heterocycles. The SMILES string of the molecule is CC(C)COCCNc1cc([N+](=O)[O-])cc(N)n1. The number of ether oxygens (including phenoxy) is 1. The maximum atomic E-state index is 10.6. The third-order valence-corrected chi connectivity index (χ3v) is 2.04. The van der Waals surface area contributed by atoms with Gasteiger partial charge in [0.1, 0.15) is 11.6 Å². The molecule has 0 saturated heterocycles. The summed E-state index contributed by atoms with van der Waals surface area (Å²) in [4.78, 5) is 14.1. The van der Waals surface area contributed by atoms with E-state index in [4.69, 9.17) is 10.5 Å². The van der Waals surface area contributed by atoms with Crippen LogP contribution in [0.3, 0.4) is 0 Å². The summed E-state index contributed by atoms with van der Waals surface area (Å²) in [6.45, 7) is 5.86. The van der Waals surface area contributed by atoms with Crippen LogP contribution < -0.4 is 11.1 Å². The number of nitro groups is 1. The largest absolute Gasteiger partial charge is 0.383 e. The van der Waals surface area contributed by atoms with Crippen molar-refractivity contribution in [2.45, 2.75) is 13.8 Å². The predicted molar refractivity (Wildman–Crippen MR) is 69.5 cm³/mol. The molecule has 1 aromatic rings. The fraction of sp³-hybridized carbons (Fsp3) is 0.545. The van der Waals surface area contributed by atoms with Crippen molar-refractivity contribution in [3.8, 4) is 0 Å². The summed E-state index contributed by atoms with van der Waals surface area (Å²) in [5.74, 6) is 0.987. The minimum absolute atomic E-state index is 0.0758. The third kappa shape index (κ3) is 4.96. The van der Waals surface area contributed by atoms with Crippen molar-refractivity contribution in [3.63, 3.8) is 0 Å². The highest BCUT2D eigenvalue weighted by molar-refractivity contribution is 5.52. The number of anilines is 2. The first-order chi connectivity index (χ1) is 8.49. The van der Waals surface area contributed by atoms with E-state index in [0.29, 0.717) is 31.5 Å². The standard InChI is InChI=1S/C11H18N4O3/c1-8(2)7-18-4-3-13-11-6-9(15(16)17)5-10(12)14-11/h5-6,8H,3-4,7H2,1-2H3,(H3,12,13,14). The average Bonchev–Trinajstić information content (AvgIpc) is 2.27. The van der Waals surface area contributed by atoms with Gasteiger partial charge in [-0.15, -0.1) is 0 Å². The smallest absolute Gasteiger partial charge is 0.276 e. The topological polar surface area (TPSA) is 103 Å². The summed E-state index contributed by atoms with van der Waals surface area (Å²) in [7, 11) is 0. The first-order valence-corrected chi connectivity index (χ1v) is 5.72. The van der Waals surface area contributed by atoms with Crippen LogP contribution >= 0.6 is 0 Å². The van der Waals surface area contributed by atoms with Crippen LogP contribution in [0.4, 0.5) is 17.3 Å². The van der Waals surface area contributed by atoms with Crippen LogP contribution in [0.1, 0.15) is 13.8 Å². The molecule has 3 N–H and O–H groups in total. The molecule has 0 atom stereocenters. The van der Waals surface area contributed by atoms with E-state index in [-0.39, 0.29) is 11.5 Å². The van der Waals surface area contributed by atoms with Crippen LogP contribution in [-0.4, -0.2) is 29.7 Å². The Morgan fingerprint density at radius 1 is 1.56 bits per heavy atom. The van der Waals surface area contributed by atoms with Crippen molar-refractivity contribution >= 4 is 17.3 Å². The molecule has 18 heavy (non-hydrogen) atoms. The maximum Gasteiger partial charge on any atom is 0.276 e. The van der Waals surface area contributed by atoms with Crippen LogP contribution in [-0.2, 0) is 4.74 Å². The van der Waals surface area contributed by atoms with Crippen LogP contribution in [0.15, 0.2) is 12.1 Å². The highest BCUT2D eigenvalue weighted by atomic mass is 16.6. The Labute approximate surface area is 105 Å². The van der Waals surface area contributed by atoms with Crippen molar-refractivity contribution in [1.29, 1.82) is 0 Å². The van der Waals surface area contributed by atoms with Gasteiger partial charge in [-0.05, 0) is 5.92 Å². The van der Waals surface area contributed by atoms with Gasteiger partial charge in [0.05, 0.1) is 23.7 Å². The highest BCUT2D eigenvalue weighted by Gasteiger charge is 2.09. The van der Waals surface area contributed by atoms with Gasteiger partial charge in [-0.2, -0.15) is 0 Å². The highest BCUT2D eigenvalue weighted by Crippen LogP contribution is 2.18. The van der Waals surface area contributed by atoms with Gasteiger partial charge in [0, 0.05) is 13.2 Å².